The molecule has 3 aromatic carbocycles. The van der Waals surface area contributed by atoms with E-state index >= 15 is 0 Å². The SMILES string of the molecule is COc1ccc(CC(=O)N2CCN(C(=O)c3cccc4ccccc34)CC2)cc1F. The highest BCUT2D eigenvalue weighted by Gasteiger charge is 2.25. The second kappa shape index (κ2) is 8.53. The van der Waals surface area contributed by atoms with Crippen LogP contribution in [0.3, 0.4) is 0 Å². The molecule has 2 amide bonds. The summed E-state index contributed by atoms with van der Waals surface area (Å²) < 4.78 is 18.8. The van der Waals surface area contributed by atoms with Gasteiger partial charge < -0.3 is 14.5 Å². The van der Waals surface area contributed by atoms with Gasteiger partial charge in [-0.15, -0.1) is 0 Å². The van der Waals surface area contributed by atoms with Crippen molar-refractivity contribution < 1.29 is 18.7 Å². The number of hydrogen-bond donors (Lipinski definition) is 0. The van der Waals surface area contributed by atoms with Crippen LogP contribution in [-0.4, -0.2) is 54.9 Å². The number of methoxy groups -OCH3 is 1. The first-order valence-electron chi connectivity index (χ1n) is 9.94. The summed E-state index contributed by atoms with van der Waals surface area (Å²) in [5.74, 6) is -0.409. The predicted octanol–water partition coefficient (Wildman–Crippen LogP) is 3.51. The number of rotatable bonds is 4. The number of carbonyl (C=O) groups excluding carboxylic acids is 2. The zero-order valence-electron chi connectivity index (χ0n) is 16.8. The molecule has 3 aromatic rings. The van der Waals surface area contributed by atoms with Crippen LogP contribution in [0.25, 0.3) is 10.8 Å². The average Bonchev–Trinajstić information content (AvgIpc) is 2.78. The normalized spacial score (nSPS) is 14.1. The molecule has 0 unspecified atom stereocenters. The molecule has 0 spiro atoms. The van der Waals surface area contributed by atoms with Crippen LogP contribution in [0.1, 0.15) is 15.9 Å². The average molecular weight is 406 g/mol. The van der Waals surface area contributed by atoms with Crippen LogP contribution in [0.15, 0.2) is 60.7 Å². The topological polar surface area (TPSA) is 49.9 Å². The summed E-state index contributed by atoms with van der Waals surface area (Å²) in [5.41, 5.74) is 1.29. The molecule has 0 atom stereocenters. The smallest absolute Gasteiger partial charge is 0.254 e. The molecule has 0 radical (unpaired) electrons. The van der Waals surface area contributed by atoms with Crippen LogP contribution in [0, 0.1) is 5.82 Å². The first-order chi connectivity index (χ1) is 14.6. The molecule has 1 heterocycles. The van der Waals surface area contributed by atoms with Crippen molar-refractivity contribution in [1.82, 2.24) is 9.80 Å². The number of fused-ring (bicyclic) bond motifs is 1. The molecule has 0 aliphatic carbocycles. The van der Waals surface area contributed by atoms with E-state index < -0.39 is 5.82 Å². The molecule has 30 heavy (non-hydrogen) atoms. The second-order valence-corrected chi connectivity index (χ2v) is 7.35. The summed E-state index contributed by atoms with van der Waals surface area (Å²) in [5, 5.41) is 1.97. The molecule has 5 nitrogen and oxygen atoms in total. The lowest BCUT2D eigenvalue weighted by Crippen LogP contribution is -2.51. The standard InChI is InChI=1S/C24H23FN2O3/c1-30-22-10-9-17(15-21(22)25)16-23(28)26-11-13-27(14-12-26)24(29)20-8-4-6-18-5-2-3-7-19(18)20/h2-10,15H,11-14,16H2,1H3. The van der Waals surface area contributed by atoms with Gasteiger partial charge in [-0.1, -0.05) is 42.5 Å². The van der Waals surface area contributed by atoms with E-state index in [1.54, 1.807) is 15.9 Å². The fourth-order valence-corrected chi connectivity index (χ4v) is 3.85. The van der Waals surface area contributed by atoms with E-state index in [0.29, 0.717) is 37.3 Å². The minimum Gasteiger partial charge on any atom is -0.494 e. The van der Waals surface area contributed by atoms with Crippen molar-refractivity contribution in [3.05, 3.63) is 77.6 Å². The molecular formula is C24H23FN2O3. The van der Waals surface area contributed by atoms with Gasteiger partial charge in [0.25, 0.3) is 5.91 Å². The lowest BCUT2D eigenvalue weighted by molar-refractivity contribution is -0.131. The van der Waals surface area contributed by atoms with E-state index in [2.05, 4.69) is 0 Å². The highest BCUT2D eigenvalue weighted by molar-refractivity contribution is 6.07. The van der Waals surface area contributed by atoms with Crippen LogP contribution >= 0.6 is 0 Å². The van der Waals surface area contributed by atoms with Gasteiger partial charge >= 0.3 is 0 Å². The van der Waals surface area contributed by atoms with Crippen molar-refractivity contribution >= 4 is 22.6 Å². The summed E-state index contributed by atoms with van der Waals surface area (Å²) in [6.07, 6.45) is 0.123. The van der Waals surface area contributed by atoms with Crippen molar-refractivity contribution in [3.63, 3.8) is 0 Å². The van der Waals surface area contributed by atoms with Gasteiger partial charge in [0, 0.05) is 31.7 Å². The Morgan fingerprint density at radius 3 is 2.37 bits per heavy atom. The minimum atomic E-state index is -0.478. The van der Waals surface area contributed by atoms with Crippen LogP contribution in [0.4, 0.5) is 4.39 Å². The Bertz CT molecular complexity index is 1090. The molecule has 0 N–H and O–H groups in total. The molecular weight excluding hydrogens is 383 g/mol. The molecule has 1 fully saturated rings. The Morgan fingerprint density at radius 2 is 1.63 bits per heavy atom. The number of halogens is 1. The number of hydrogen-bond acceptors (Lipinski definition) is 3. The monoisotopic (exact) mass is 406 g/mol. The lowest BCUT2D eigenvalue weighted by atomic mass is 10.0. The molecule has 6 heteroatoms. The first-order valence-corrected chi connectivity index (χ1v) is 9.94. The maximum absolute atomic E-state index is 13.9. The van der Waals surface area contributed by atoms with Crippen molar-refractivity contribution in [2.24, 2.45) is 0 Å². The van der Waals surface area contributed by atoms with Gasteiger partial charge in [-0.3, -0.25) is 9.59 Å². The Labute approximate surface area is 174 Å². The lowest BCUT2D eigenvalue weighted by Gasteiger charge is -2.35. The van der Waals surface area contributed by atoms with Crippen LogP contribution in [0.5, 0.6) is 5.75 Å². The Balaban J connectivity index is 1.39. The van der Waals surface area contributed by atoms with E-state index in [9.17, 15) is 14.0 Å². The van der Waals surface area contributed by atoms with Crippen LogP contribution < -0.4 is 4.74 Å². The predicted molar refractivity (Wildman–Crippen MR) is 113 cm³/mol. The Morgan fingerprint density at radius 1 is 0.933 bits per heavy atom. The van der Waals surface area contributed by atoms with Crippen LogP contribution in [0.2, 0.25) is 0 Å². The number of nitrogens with zero attached hydrogens (tertiary/aromatic N) is 2. The zero-order valence-corrected chi connectivity index (χ0v) is 16.8. The third-order valence-corrected chi connectivity index (χ3v) is 5.51. The molecule has 0 bridgehead atoms. The molecule has 1 aliphatic heterocycles. The summed E-state index contributed by atoms with van der Waals surface area (Å²) in [6, 6.07) is 18.1. The maximum atomic E-state index is 13.9. The number of carbonyl (C=O) groups is 2. The van der Waals surface area contributed by atoms with E-state index in [1.807, 2.05) is 42.5 Å². The quantitative estimate of drug-likeness (QED) is 0.666. The van der Waals surface area contributed by atoms with E-state index in [0.717, 1.165) is 10.8 Å². The van der Waals surface area contributed by atoms with Gasteiger partial charge in [-0.2, -0.15) is 0 Å². The summed E-state index contributed by atoms with van der Waals surface area (Å²) in [4.78, 5) is 29.2. The Hall–Kier alpha value is -3.41. The molecule has 1 saturated heterocycles. The minimum absolute atomic E-state index is 0.0175. The van der Waals surface area contributed by atoms with E-state index in [-0.39, 0.29) is 24.0 Å². The maximum Gasteiger partial charge on any atom is 0.254 e. The molecule has 154 valence electrons. The first kappa shape index (κ1) is 19.9. The van der Waals surface area contributed by atoms with E-state index in [1.165, 1.54) is 19.2 Å². The van der Waals surface area contributed by atoms with Gasteiger partial charge in [-0.05, 0) is 34.5 Å². The van der Waals surface area contributed by atoms with Gasteiger partial charge in [0.05, 0.1) is 13.5 Å². The molecule has 1 aliphatic rings. The molecule has 0 saturated carbocycles. The summed E-state index contributed by atoms with van der Waals surface area (Å²) in [6.45, 7) is 1.89. The van der Waals surface area contributed by atoms with Crippen molar-refractivity contribution in [3.8, 4) is 5.75 Å². The highest BCUT2D eigenvalue weighted by Crippen LogP contribution is 2.21. The van der Waals surface area contributed by atoms with Gasteiger partial charge in [0.15, 0.2) is 11.6 Å². The third-order valence-electron chi connectivity index (χ3n) is 5.51. The summed E-state index contributed by atoms with van der Waals surface area (Å²) >= 11 is 0. The molecule has 4 rings (SSSR count). The van der Waals surface area contributed by atoms with Crippen molar-refractivity contribution in [2.45, 2.75) is 6.42 Å². The zero-order chi connectivity index (χ0) is 21.1. The fraction of sp³-hybridized carbons (Fsp3) is 0.250. The fourth-order valence-electron chi connectivity index (χ4n) is 3.85. The van der Waals surface area contributed by atoms with Crippen molar-refractivity contribution in [1.29, 1.82) is 0 Å². The highest BCUT2D eigenvalue weighted by atomic mass is 19.1. The van der Waals surface area contributed by atoms with Crippen molar-refractivity contribution in [2.75, 3.05) is 33.3 Å². The number of piperazine rings is 1. The number of amides is 2. The van der Waals surface area contributed by atoms with Gasteiger partial charge in [0.2, 0.25) is 5.91 Å². The van der Waals surface area contributed by atoms with Gasteiger partial charge in [-0.25, -0.2) is 4.39 Å². The van der Waals surface area contributed by atoms with Gasteiger partial charge in [0.1, 0.15) is 0 Å². The van der Waals surface area contributed by atoms with Crippen LogP contribution in [-0.2, 0) is 11.2 Å². The Kier molecular flexibility index (Phi) is 5.65. The third kappa shape index (κ3) is 3.99. The summed E-state index contributed by atoms with van der Waals surface area (Å²) in [7, 11) is 1.41. The number of ether oxygens (including phenoxy) is 1. The number of benzene rings is 3. The largest absolute Gasteiger partial charge is 0.494 e. The second-order valence-electron chi connectivity index (χ2n) is 7.35. The van der Waals surface area contributed by atoms with E-state index in [4.69, 9.17) is 4.74 Å². The molecule has 0 aromatic heterocycles.